The minimum atomic E-state index is -4.46. The summed E-state index contributed by atoms with van der Waals surface area (Å²) >= 11 is 0. The second-order valence-corrected chi connectivity index (χ2v) is 5.60. The Kier molecular flexibility index (Phi) is 4.00. The molecule has 0 saturated carbocycles. The van der Waals surface area contributed by atoms with Gasteiger partial charge in [-0.2, -0.15) is 13.2 Å². The molecule has 1 aliphatic heterocycles. The van der Waals surface area contributed by atoms with Gasteiger partial charge in [-0.1, -0.05) is 19.4 Å². The Balaban J connectivity index is 2.48. The van der Waals surface area contributed by atoms with E-state index in [-0.39, 0.29) is 11.3 Å². The summed E-state index contributed by atoms with van der Waals surface area (Å²) in [4.78, 5) is 13.8. The molecule has 1 atom stereocenters. The zero-order valence-corrected chi connectivity index (χ0v) is 11.9. The minimum absolute atomic E-state index is 0.252. The molecule has 1 aliphatic rings. The van der Waals surface area contributed by atoms with E-state index < -0.39 is 29.7 Å². The summed E-state index contributed by atoms with van der Waals surface area (Å²) in [5.74, 6) is -1.16. The normalized spacial score (nSPS) is 21.8. The molecule has 0 N–H and O–H groups in total. The lowest BCUT2D eigenvalue weighted by molar-refractivity contribution is -0.155. The Labute approximate surface area is 120 Å². The van der Waals surface area contributed by atoms with E-state index in [0.717, 1.165) is 18.6 Å². The van der Waals surface area contributed by atoms with E-state index in [1.807, 2.05) is 6.92 Å². The molecule has 21 heavy (non-hydrogen) atoms. The molecule has 0 radical (unpaired) electrons. The maximum Gasteiger partial charge on any atom is 0.390 e. The number of rotatable bonds is 4. The number of alkyl halides is 3. The molecule has 0 bridgehead atoms. The zero-order chi connectivity index (χ0) is 15.8. The number of hydrogen-bond acceptors (Lipinski definition) is 1. The number of anilines is 1. The van der Waals surface area contributed by atoms with Gasteiger partial charge in [-0.3, -0.25) is 4.79 Å². The van der Waals surface area contributed by atoms with E-state index in [0.29, 0.717) is 13.0 Å². The largest absolute Gasteiger partial charge is 0.390 e. The van der Waals surface area contributed by atoms with E-state index in [1.54, 1.807) is 0 Å². The highest BCUT2D eigenvalue weighted by atomic mass is 19.4. The third kappa shape index (κ3) is 2.89. The van der Waals surface area contributed by atoms with Crippen LogP contribution in [0.1, 0.15) is 38.7 Å². The zero-order valence-electron chi connectivity index (χ0n) is 11.9. The fourth-order valence-electron chi connectivity index (χ4n) is 2.83. The molecule has 1 aromatic rings. The molecular formula is C15H17F4NO. The smallest absolute Gasteiger partial charge is 0.311 e. The van der Waals surface area contributed by atoms with Crippen LogP contribution < -0.4 is 4.90 Å². The number of halogens is 4. The van der Waals surface area contributed by atoms with Gasteiger partial charge in [-0.25, -0.2) is 4.39 Å². The number of nitrogens with zero attached hydrogens (tertiary/aromatic N) is 1. The van der Waals surface area contributed by atoms with Gasteiger partial charge in [-0.05, 0) is 31.0 Å². The lowest BCUT2D eigenvalue weighted by Gasteiger charge is -2.25. The predicted molar refractivity (Wildman–Crippen MR) is 71.7 cm³/mol. The molecule has 0 spiro atoms. The number of carbonyl (C=O) groups is 1. The van der Waals surface area contributed by atoms with Gasteiger partial charge in [0.2, 0.25) is 5.91 Å². The van der Waals surface area contributed by atoms with Gasteiger partial charge in [-0.15, -0.1) is 0 Å². The molecular weight excluding hydrogens is 286 g/mol. The predicted octanol–water partition coefficient (Wildman–Crippen LogP) is 4.18. The van der Waals surface area contributed by atoms with Crippen molar-refractivity contribution in [3.05, 3.63) is 29.6 Å². The van der Waals surface area contributed by atoms with Crippen molar-refractivity contribution in [3.63, 3.8) is 0 Å². The highest BCUT2D eigenvalue weighted by Gasteiger charge is 2.52. The molecule has 1 heterocycles. The van der Waals surface area contributed by atoms with Crippen molar-refractivity contribution in [2.75, 3.05) is 11.4 Å². The van der Waals surface area contributed by atoms with Gasteiger partial charge in [0.1, 0.15) is 5.82 Å². The second-order valence-electron chi connectivity index (χ2n) is 5.60. The topological polar surface area (TPSA) is 20.3 Å². The summed E-state index contributed by atoms with van der Waals surface area (Å²) in [6.07, 6.45) is -4.24. The van der Waals surface area contributed by atoms with Gasteiger partial charge < -0.3 is 4.90 Å². The number of carbonyl (C=O) groups excluding carboxylic acids is 1. The molecule has 0 aromatic heterocycles. The molecule has 1 amide bonds. The van der Waals surface area contributed by atoms with Crippen LogP contribution in [0, 0.1) is 5.82 Å². The molecule has 2 nitrogen and oxygen atoms in total. The number of unbranched alkanes of at least 4 members (excludes halogenated alkanes) is 1. The third-order valence-electron chi connectivity index (χ3n) is 3.85. The minimum Gasteiger partial charge on any atom is -0.311 e. The van der Waals surface area contributed by atoms with Gasteiger partial charge >= 0.3 is 6.18 Å². The molecule has 2 rings (SSSR count). The Hall–Kier alpha value is -1.59. The number of hydrogen-bond donors (Lipinski definition) is 0. The van der Waals surface area contributed by atoms with E-state index >= 15 is 0 Å². The standard InChI is InChI=1S/C15H17F4NO/c1-3-4-7-20-12-8-10(16)5-6-11(12)14(2,13(20)21)9-15(17,18)19/h5-6,8H,3-4,7,9H2,1-2H3. The van der Waals surface area contributed by atoms with Crippen LogP contribution in [0.4, 0.5) is 23.2 Å². The highest BCUT2D eigenvalue weighted by molar-refractivity contribution is 6.07. The van der Waals surface area contributed by atoms with Crippen molar-refractivity contribution in [3.8, 4) is 0 Å². The van der Waals surface area contributed by atoms with E-state index in [4.69, 9.17) is 0 Å². The molecule has 1 aromatic carbocycles. The van der Waals surface area contributed by atoms with Crippen molar-refractivity contribution >= 4 is 11.6 Å². The molecule has 6 heteroatoms. The second kappa shape index (κ2) is 5.31. The Morgan fingerprint density at radius 1 is 1.29 bits per heavy atom. The first kappa shape index (κ1) is 15.8. The lowest BCUT2D eigenvalue weighted by atomic mass is 9.80. The average Bonchev–Trinajstić information content (AvgIpc) is 2.54. The van der Waals surface area contributed by atoms with Crippen molar-refractivity contribution in [2.45, 2.75) is 44.7 Å². The summed E-state index contributed by atoms with van der Waals surface area (Å²) in [5, 5.41) is 0. The number of amides is 1. The summed E-state index contributed by atoms with van der Waals surface area (Å²) in [6, 6.07) is 3.54. The molecule has 0 saturated heterocycles. The van der Waals surface area contributed by atoms with Crippen LogP contribution in [-0.4, -0.2) is 18.6 Å². The van der Waals surface area contributed by atoms with E-state index in [2.05, 4.69) is 0 Å². The summed E-state index contributed by atoms with van der Waals surface area (Å²) in [5.41, 5.74) is -1.16. The van der Waals surface area contributed by atoms with Crippen LogP contribution >= 0.6 is 0 Å². The van der Waals surface area contributed by atoms with Crippen LogP contribution in [0.25, 0.3) is 0 Å². The molecule has 0 aliphatic carbocycles. The Morgan fingerprint density at radius 2 is 1.95 bits per heavy atom. The van der Waals surface area contributed by atoms with Gasteiger partial charge in [0.15, 0.2) is 0 Å². The summed E-state index contributed by atoms with van der Waals surface area (Å²) in [7, 11) is 0. The third-order valence-corrected chi connectivity index (χ3v) is 3.85. The Morgan fingerprint density at radius 3 is 2.52 bits per heavy atom. The summed E-state index contributed by atoms with van der Waals surface area (Å²) in [6.45, 7) is 3.51. The van der Waals surface area contributed by atoms with E-state index in [1.165, 1.54) is 17.9 Å². The van der Waals surface area contributed by atoms with Crippen molar-refractivity contribution in [1.82, 2.24) is 0 Å². The van der Waals surface area contributed by atoms with Gasteiger partial charge in [0.05, 0.1) is 17.5 Å². The molecule has 116 valence electrons. The van der Waals surface area contributed by atoms with Crippen LogP contribution in [0.5, 0.6) is 0 Å². The fraction of sp³-hybridized carbons (Fsp3) is 0.533. The quantitative estimate of drug-likeness (QED) is 0.764. The average molecular weight is 303 g/mol. The van der Waals surface area contributed by atoms with Gasteiger partial charge in [0.25, 0.3) is 0 Å². The maximum absolute atomic E-state index is 13.4. The maximum atomic E-state index is 13.4. The number of benzene rings is 1. The SMILES string of the molecule is CCCCN1C(=O)C(C)(CC(F)(F)F)c2ccc(F)cc21. The molecule has 0 fully saturated rings. The van der Waals surface area contributed by atoms with Crippen molar-refractivity contribution in [1.29, 1.82) is 0 Å². The first-order valence-corrected chi connectivity index (χ1v) is 6.88. The molecule has 1 unspecified atom stereocenters. The highest BCUT2D eigenvalue weighted by Crippen LogP contribution is 2.47. The lowest BCUT2D eigenvalue weighted by Crippen LogP contribution is -2.41. The van der Waals surface area contributed by atoms with Crippen LogP contribution in [0.3, 0.4) is 0 Å². The van der Waals surface area contributed by atoms with Crippen LogP contribution in [0.2, 0.25) is 0 Å². The number of fused-ring (bicyclic) bond motifs is 1. The Bertz CT molecular complexity index is 555. The van der Waals surface area contributed by atoms with Gasteiger partial charge in [0, 0.05) is 6.54 Å². The first-order chi connectivity index (χ1) is 9.69. The van der Waals surface area contributed by atoms with Crippen molar-refractivity contribution < 1.29 is 22.4 Å². The fourth-order valence-corrected chi connectivity index (χ4v) is 2.83. The van der Waals surface area contributed by atoms with Crippen LogP contribution in [0.15, 0.2) is 18.2 Å². The van der Waals surface area contributed by atoms with Crippen LogP contribution in [-0.2, 0) is 10.2 Å². The first-order valence-electron chi connectivity index (χ1n) is 6.88. The monoisotopic (exact) mass is 303 g/mol. The van der Waals surface area contributed by atoms with E-state index in [9.17, 15) is 22.4 Å². The van der Waals surface area contributed by atoms with Crippen molar-refractivity contribution in [2.24, 2.45) is 0 Å². The summed E-state index contributed by atoms with van der Waals surface area (Å²) < 4.78 is 51.9.